The minimum atomic E-state index is 0.0154. The van der Waals surface area contributed by atoms with Gasteiger partial charge in [0.05, 0.1) is 11.9 Å². The summed E-state index contributed by atoms with van der Waals surface area (Å²) in [4.78, 5) is 26.1. The van der Waals surface area contributed by atoms with Crippen molar-refractivity contribution < 1.29 is 4.79 Å². The van der Waals surface area contributed by atoms with E-state index in [4.69, 9.17) is 28.9 Å². The molecule has 1 saturated heterocycles. The number of hydrogen-bond acceptors (Lipinski definition) is 6. The molecule has 1 aliphatic heterocycles. The minimum absolute atomic E-state index is 0.0154. The van der Waals surface area contributed by atoms with E-state index in [1.807, 2.05) is 11.0 Å². The maximum Gasteiger partial charge on any atom is 0.241 e. The molecule has 2 aromatic heterocycles. The Labute approximate surface area is 177 Å². The van der Waals surface area contributed by atoms with Crippen LogP contribution >= 0.6 is 23.2 Å². The minimum Gasteiger partial charge on any atom is -0.376 e. The summed E-state index contributed by atoms with van der Waals surface area (Å²) in [5.41, 5.74) is 7.21. The average molecular weight is 434 g/mol. The number of piperidine rings is 1. The SMILES string of the molecule is Nc1nc(N[C@H]2CCCN(C(=O)CNc3cc(Cl)cc(Cl)c3)C2)c2cc[nH]c2n1. The number of anilines is 3. The molecule has 1 fully saturated rings. The number of nitrogens with one attached hydrogen (secondary N) is 3. The molecular formula is C19H21Cl2N7O. The van der Waals surface area contributed by atoms with Gasteiger partial charge in [0.1, 0.15) is 11.5 Å². The zero-order chi connectivity index (χ0) is 20.4. The van der Waals surface area contributed by atoms with Crippen LogP contribution in [0.1, 0.15) is 12.8 Å². The third kappa shape index (κ3) is 4.65. The molecule has 3 heterocycles. The van der Waals surface area contributed by atoms with Gasteiger partial charge >= 0.3 is 0 Å². The third-order valence-corrected chi connectivity index (χ3v) is 5.29. The largest absolute Gasteiger partial charge is 0.376 e. The normalized spacial score (nSPS) is 16.8. The summed E-state index contributed by atoms with van der Waals surface area (Å²) in [6, 6.07) is 7.12. The zero-order valence-electron chi connectivity index (χ0n) is 15.6. The average Bonchev–Trinajstić information content (AvgIpc) is 3.14. The second kappa shape index (κ2) is 8.34. The van der Waals surface area contributed by atoms with Crippen molar-refractivity contribution in [3.05, 3.63) is 40.5 Å². The molecule has 152 valence electrons. The standard InChI is InChI=1S/C19H21Cl2N7O/c20-11-6-12(21)8-14(7-11)24-9-16(29)28-5-1-2-13(10-28)25-18-15-3-4-23-17(15)26-19(22)27-18/h3-4,6-8,13,24H,1-2,5,9-10H2,(H4,22,23,25,26,27)/t13-/m0/s1. The van der Waals surface area contributed by atoms with Crippen LogP contribution in [0.5, 0.6) is 0 Å². The van der Waals surface area contributed by atoms with E-state index in [1.54, 1.807) is 24.4 Å². The summed E-state index contributed by atoms with van der Waals surface area (Å²) in [6.07, 6.45) is 3.65. The number of H-pyrrole nitrogens is 1. The van der Waals surface area contributed by atoms with E-state index < -0.39 is 0 Å². The highest BCUT2D eigenvalue weighted by Crippen LogP contribution is 2.24. The van der Waals surface area contributed by atoms with Crippen molar-refractivity contribution in [2.75, 3.05) is 36.0 Å². The number of aromatic amines is 1. The Morgan fingerprint density at radius 1 is 1.28 bits per heavy atom. The Hall–Kier alpha value is -2.71. The predicted octanol–water partition coefficient (Wildman–Crippen LogP) is 3.36. The highest BCUT2D eigenvalue weighted by Gasteiger charge is 2.24. The van der Waals surface area contributed by atoms with Gasteiger partial charge in [0.15, 0.2) is 0 Å². The zero-order valence-corrected chi connectivity index (χ0v) is 17.1. The van der Waals surface area contributed by atoms with E-state index in [9.17, 15) is 4.79 Å². The number of carbonyl (C=O) groups is 1. The first kappa shape index (κ1) is 19.6. The topological polar surface area (TPSA) is 112 Å². The molecule has 0 saturated carbocycles. The first-order chi connectivity index (χ1) is 14.0. The molecule has 29 heavy (non-hydrogen) atoms. The van der Waals surface area contributed by atoms with Crippen LogP contribution in [0.4, 0.5) is 17.5 Å². The highest BCUT2D eigenvalue weighted by molar-refractivity contribution is 6.35. The Kier molecular flexibility index (Phi) is 5.64. The number of carbonyl (C=O) groups excluding carboxylic acids is 1. The monoisotopic (exact) mass is 433 g/mol. The predicted molar refractivity (Wildman–Crippen MR) is 116 cm³/mol. The maximum absolute atomic E-state index is 12.7. The molecule has 5 N–H and O–H groups in total. The molecule has 1 atom stereocenters. The van der Waals surface area contributed by atoms with Crippen molar-refractivity contribution in [3.63, 3.8) is 0 Å². The Balaban J connectivity index is 1.38. The number of benzene rings is 1. The van der Waals surface area contributed by atoms with Crippen LogP contribution in [0.15, 0.2) is 30.5 Å². The van der Waals surface area contributed by atoms with Crippen molar-refractivity contribution in [2.24, 2.45) is 0 Å². The Bertz CT molecular complexity index is 1020. The molecule has 10 heteroatoms. The van der Waals surface area contributed by atoms with Crippen LogP contribution in [-0.2, 0) is 4.79 Å². The van der Waals surface area contributed by atoms with Crippen LogP contribution in [0.25, 0.3) is 11.0 Å². The van der Waals surface area contributed by atoms with Gasteiger partial charge in [0.25, 0.3) is 0 Å². The van der Waals surface area contributed by atoms with Gasteiger partial charge in [-0.15, -0.1) is 0 Å². The quantitative estimate of drug-likeness (QED) is 0.490. The molecule has 1 amide bonds. The molecule has 1 aliphatic rings. The van der Waals surface area contributed by atoms with Gasteiger partial charge in [-0.3, -0.25) is 4.79 Å². The van der Waals surface area contributed by atoms with Crippen molar-refractivity contribution in [1.29, 1.82) is 0 Å². The van der Waals surface area contributed by atoms with Crippen molar-refractivity contribution >= 4 is 57.6 Å². The summed E-state index contributed by atoms with van der Waals surface area (Å²) in [7, 11) is 0. The van der Waals surface area contributed by atoms with Gasteiger partial charge in [-0.2, -0.15) is 9.97 Å². The molecule has 0 spiro atoms. The highest BCUT2D eigenvalue weighted by atomic mass is 35.5. The fourth-order valence-electron chi connectivity index (χ4n) is 3.53. The number of amides is 1. The number of nitrogens with two attached hydrogens (primary N) is 1. The lowest BCUT2D eigenvalue weighted by atomic mass is 10.1. The maximum atomic E-state index is 12.7. The number of nitrogens with zero attached hydrogens (tertiary/aromatic N) is 3. The number of rotatable bonds is 5. The summed E-state index contributed by atoms with van der Waals surface area (Å²) < 4.78 is 0. The molecule has 0 bridgehead atoms. The Morgan fingerprint density at radius 3 is 2.86 bits per heavy atom. The van der Waals surface area contributed by atoms with Crippen molar-refractivity contribution in [2.45, 2.75) is 18.9 Å². The number of aromatic nitrogens is 3. The van der Waals surface area contributed by atoms with Gasteiger partial charge in [-0.05, 0) is 37.1 Å². The fourth-order valence-corrected chi connectivity index (χ4v) is 4.05. The fraction of sp³-hybridized carbons (Fsp3) is 0.316. The lowest BCUT2D eigenvalue weighted by Gasteiger charge is -2.33. The number of halogens is 2. The van der Waals surface area contributed by atoms with Crippen LogP contribution < -0.4 is 16.4 Å². The van der Waals surface area contributed by atoms with E-state index in [1.165, 1.54) is 0 Å². The van der Waals surface area contributed by atoms with Gasteiger partial charge < -0.3 is 26.3 Å². The lowest BCUT2D eigenvalue weighted by Crippen LogP contribution is -2.47. The number of likely N-dealkylation sites (tertiary alicyclic amines) is 1. The van der Waals surface area contributed by atoms with Gasteiger partial charge in [-0.1, -0.05) is 23.2 Å². The second-order valence-corrected chi connectivity index (χ2v) is 7.88. The molecule has 0 aliphatic carbocycles. The summed E-state index contributed by atoms with van der Waals surface area (Å²) >= 11 is 12.0. The smallest absolute Gasteiger partial charge is 0.241 e. The van der Waals surface area contributed by atoms with E-state index >= 15 is 0 Å². The first-order valence-corrected chi connectivity index (χ1v) is 10.1. The van der Waals surface area contributed by atoms with Crippen LogP contribution in [-0.4, -0.2) is 51.4 Å². The molecule has 0 radical (unpaired) electrons. The second-order valence-electron chi connectivity index (χ2n) is 7.01. The summed E-state index contributed by atoms with van der Waals surface area (Å²) in [6.45, 7) is 1.49. The van der Waals surface area contributed by atoms with Crippen molar-refractivity contribution in [1.82, 2.24) is 19.9 Å². The van der Waals surface area contributed by atoms with E-state index in [0.29, 0.717) is 33.7 Å². The summed E-state index contributed by atoms with van der Waals surface area (Å²) in [5, 5.41) is 8.44. The van der Waals surface area contributed by atoms with Crippen LogP contribution in [0.2, 0.25) is 10.0 Å². The number of nitrogen functional groups attached to an aromatic ring is 1. The van der Waals surface area contributed by atoms with Gasteiger partial charge in [0.2, 0.25) is 11.9 Å². The van der Waals surface area contributed by atoms with Crippen LogP contribution in [0, 0.1) is 0 Å². The molecule has 3 aromatic rings. The van der Waals surface area contributed by atoms with Crippen LogP contribution in [0.3, 0.4) is 0 Å². The molecule has 0 unspecified atom stereocenters. The molecule has 1 aromatic carbocycles. The summed E-state index contributed by atoms with van der Waals surface area (Å²) in [5.74, 6) is 0.900. The van der Waals surface area contributed by atoms with E-state index in [2.05, 4.69) is 25.6 Å². The van der Waals surface area contributed by atoms with Gasteiger partial charge in [0, 0.05) is 41.1 Å². The lowest BCUT2D eigenvalue weighted by molar-refractivity contribution is -0.130. The molecular weight excluding hydrogens is 413 g/mol. The molecule has 8 nitrogen and oxygen atoms in total. The number of fused-ring (bicyclic) bond motifs is 1. The first-order valence-electron chi connectivity index (χ1n) is 9.33. The van der Waals surface area contributed by atoms with Crippen molar-refractivity contribution in [3.8, 4) is 0 Å². The van der Waals surface area contributed by atoms with E-state index in [0.717, 1.165) is 24.8 Å². The van der Waals surface area contributed by atoms with Gasteiger partial charge in [-0.25, -0.2) is 0 Å². The third-order valence-electron chi connectivity index (χ3n) is 4.85. The number of hydrogen-bond donors (Lipinski definition) is 4. The Morgan fingerprint density at radius 2 is 2.07 bits per heavy atom. The van der Waals surface area contributed by atoms with E-state index in [-0.39, 0.29) is 24.4 Å². The molecule has 4 rings (SSSR count).